The third kappa shape index (κ3) is 2.82. The summed E-state index contributed by atoms with van der Waals surface area (Å²) in [5, 5.41) is 10.5. The van der Waals surface area contributed by atoms with Crippen molar-refractivity contribution in [1.82, 2.24) is 25.2 Å². The molecule has 21 heavy (non-hydrogen) atoms. The zero-order chi connectivity index (χ0) is 14.8. The number of piperazine rings is 1. The van der Waals surface area contributed by atoms with E-state index < -0.39 is 0 Å². The van der Waals surface area contributed by atoms with Gasteiger partial charge in [0.2, 0.25) is 0 Å². The Morgan fingerprint density at radius 1 is 1.33 bits per heavy atom. The van der Waals surface area contributed by atoms with Crippen LogP contribution in [0, 0.1) is 13.8 Å². The second-order valence-electron chi connectivity index (χ2n) is 5.36. The fourth-order valence-corrected chi connectivity index (χ4v) is 2.61. The second-order valence-corrected chi connectivity index (χ2v) is 5.36. The second kappa shape index (κ2) is 5.69. The molecule has 2 aromatic heterocycles. The number of aromatic amines is 1. The third-order valence-corrected chi connectivity index (χ3v) is 3.97. The van der Waals surface area contributed by atoms with E-state index in [1.165, 1.54) is 0 Å². The molecule has 1 aliphatic rings. The minimum absolute atomic E-state index is 0.0424. The largest absolute Gasteiger partial charge is 0.361 e. The fraction of sp³-hybridized carbons (Fsp3) is 0.500. The summed E-state index contributed by atoms with van der Waals surface area (Å²) in [6.07, 6.45) is 3.21. The summed E-state index contributed by atoms with van der Waals surface area (Å²) >= 11 is 0. The van der Waals surface area contributed by atoms with E-state index in [9.17, 15) is 4.79 Å². The molecule has 0 bridgehead atoms. The van der Waals surface area contributed by atoms with Crippen LogP contribution in [-0.4, -0.2) is 57.2 Å². The summed E-state index contributed by atoms with van der Waals surface area (Å²) in [6.45, 7) is 7.90. The number of hydrogen-bond donors (Lipinski definition) is 1. The highest BCUT2D eigenvalue weighted by molar-refractivity contribution is 5.93. The molecule has 0 spiro atoms. The first kappa shape index (κ1) is 13.8. The SMILES string of the molecule is Cc1noc(C)c1CN1CCN(C(=O)c2cn[nH]c2)CC1. The van der Waals surface area contributed by atoms with Crippen molar-refractivity contribution >= 4 is 5.91 Å². The van der Waals surface area contributed by atoms with Crippen molar-refractivity contribution in [3.8, 4) is 0 Å². The Morgan fingerprint density at radius 2 is 2.10 bits per heavy atom. The lowest BCUT2D eigenvalue weighted by Crippen LogP contribution is -2.48. The maximum atomic E-state index is 12.2. The Labute approximate surface area is 122 Å². The number of aryl methyl sites for hydroxylation is 2. The van der Waals surface area contributed by atoms with Gasteiger partial charge in [0, 0.05) is 44.5 Å². The van der Waals surface area contributed by atoms with Crippen LogP contribution in [0.3, 0.4) is 0 Å². The van der Waals surface area contributed by atoms with Crippen LogP contribution in [0.15, 0.2) is 16.9 Å². The molecule has 3 heterocycles. The number of aromatic nitrogens is 3. The summed E-state index contributed by atoms with van der Waals surface area (Å²) in [7, 11) is 0. The summed E-state index contributed by atoms with van der Waals surface area (Å²) in [4.78, 5) is 16.4. The number of amides is 1. The molecule has 7 nitrogen and oxygen atoms in total. The quantitative estimate of drug-likeness (QED) is 0.911. The standard InChI is InChI=1S/C14H19N5O2/c1-10-13(11(2)21-17-10)9-18-3-5-19(6-4-18)14(20)12-7-15-16-8-12/h7-8H,3-6,9H2,1-2H3,(H,15,16). The van der Waals surface area contributed by atoms with E-state index in [0.29, 0.717) is 5.56 Å². The zero-order valence-corrected chi connectivity index (χ0v) is 12.3. The van der Waals surface area contributed by atoms with Crippen LogP contribution in [0.4, 0.5) is 0 Å². The van der Waals surface area contributed by atoms with Crippen LogP contribution in [0.25, 0.3) is 0 Å². The first-order valence-electron chi connectivity index (χ1n) is 7.07. The zero-order valence-electron chi connectivity index (χ0n) is 12.3. The normalized spacial score (nSPS) is 16.4. The van der Waals surface area contributed by atoms with Gasteiger partial charge in [0.25, 0.3) is 5.91 Å². The molecule has 0 aliphatic carbocycles. The van der Waals surface area contributed by atoms with Gasteiger partial charge < -0.3 is 9.42 Å². The highest BCUT2D eigenvalue weighted by Gasteiger charge is 2.23. The first-order chi connectivity index (χ1) is 10.1. The van der Waals surface area contributed by atoms with Crippen LogP contribution in [-0.2, 0) is 6.54 Å². The van der Waals surface area contributed by atoms with Crippen LogP contribution < -0.4 is 0 Å². The molecule has 7 heteroatoms. The number of nitrogens with zero attached hydrogens (tertiary/aromatic N) is 4. The topological polar surface area (TPSA) is 78.3 Å². The summed E-state index contributed by atoms with van der Waals surface area (Å²) in [5.74, 6) is 0.921. The van der Waals surface area contributed by atoms with Crippen LogP contribution in [0.5, 0.6) is 0 Å². The number of rotatable bonds is 3. The van der Waals surface area contributed by atoms with Gasteiger partial charge in [-0.2, -0.15) is 5.10 Å². The maximum absolute atomic E-state index is 12.2. The first-order valence-corrected chi connectivity index (χ1v) is 7.07. The van der Waals surface area contributed by atoms with E-state index in [-0.39, 0.29) is 5.91 Å². The minimum atomic E-state index is 0.0424. The molecule has 0 unspecified atom stereocenters. The van der Waals surface area contributed by atoms with Gasteiger partial charge in [-0.25, -0.2) is 0 Å². The van der Waals surface area contributed by atoms with Crippen LogP contribution >= 0.6 is 0 Å². The van der Waals surface area contributed by atoms with E-state index in [2.05, 4.69) is 20.3 Å². The van der Waals surface area contributed by atoms with E-state index >= 15 is 0 Å². The molecule has 1 fully saturated rings. The summed E-state index contributed by atoms with van der Waals surface area (Å²) in [6, 6.07) is 0. The number of H-pyrrole nitrogens is 1. The number of hydrogen-bond acceptors (Lipinski definition) is 5. The van der Waals surface area contributed by atoms with Gasteiger partial charge in [-0.3, -0.25) is 14.8 Å². The van der Waals surface area contributed by atoms with Crippen molar-refractivity contribution in [3.05, 3.63) is 35.0 Å². The molecular formula is C14H19N5O2. The van der Waals surface area contributed by atoms with Gasteiger partial charge in [-0.1, -0.05) is 5.16 Å². The van der Waals surface area contributed by atoms with Crippen molar-refractivity contribution in [2.45, 2.75) is 20.4 Å². The van der Waals surface area contributed by atoms with Crippen molar-refractivity contribution in [2.24, 2.45) is 0 Å². The lowest BCUT2D eigenvalue weighted by Gasteiger charge is -2.34. The minimum Gasteiger partial charge on any atom is -0.361 e. The molecule has 1 N–H and O–H groups in total. The average molecular weight is 289 g/mol. The molecule has 1 aliphatic heterocycles. The molecule has 3 rings (SSSR count). The Balaban J connectivity index is 1.57. The summed E-state index contributed by atoms with van der Waals surface area (Å²) < 4.78 is 5.19. The third-order valence-electron chi connectivity index (χ3n) is 3.97. The van der Waals surface area contributed by atoms with Crippen molar-refractivity contribution in [1.29, 1.82) is 0 Å². The highest BCUT2D eigenvalue weighted by atomic mass is 16.5. The molecule has 112 valence electrons. The van der Waals surface area contributed by atoms with Gasteiger partial charge in [0.15, 0.2) is 0 Å². The molecule has 1 amide bonds. The van der Waals surface area contributed by atoms with Crippen LogP contribution in [0.2, 0.25) is 0 Å². The lowest BCUT2D eigenvalue weighted by molar-refractivity contribution is 0.0627. The lowest BCUT2D eigenvalue weighted by atomic mass is 10.1. The highest BCUT2D eigenvalue weighted by Crippen LogP contribution is 2.16. The predicted molar refractivity (Wildman–Crippen MR) is 75.7 cm³/mol. The Hall–Kier alpha value is -2.15. The molecule has 0 saturated carbocycles. The van der Waals surface area contributed by atoms with E-state index in [0.717, 1.165) is 49.7 Å². The van der Waals surface area contributed by atoms with Crippen molar-refractivity contribution in [2.75, 3.05) is 26.2 Å². The summed E-state index contributed by atoms with van der Waals surface area (Å²) in [5.41, 5.74) is 2.73. The van der Waals surface area contributed by atoms with Crippen molar-refractivity contribution < 1.29 is 9.32 Å². The molecule has 2 aromatic rings. The fourth-order valence-electron chi connectivity index (χ4n) is 2.61. The molecule has 0 aromatic carbocycles. The number of nitrogens with one attached hydrogen (secondary N) is 1. The number of carbonyl (C=O) groups excluding carboxylic acids is 1. The molecule has 0 radical (unpaired) electrons. The average Bonchev–Trinajstić information content (AvgIpc) is 3.13. The predicted octanol–water partition coefficient (Wildman–Crippen LogP) is 0.973. The van der Waals surface area contributed by atoms with Gasteiger partial charge in [0.1, 0.15) is 5.76 Å². The van der Waals surface area contributed by atoms with E-state index in [1.54, 1.807) is 12.4 Å². The Kier molecular flexibility index (Phi) is 3.74. The molecule has 0 atom stereocenters. The van der Waals surface area contributed by atoms with Gasteiger partial charge >= 0.3 is 0 Å². The maximum Gasteiger partial charge on any atom is 0.257 e. The number of carbonyl (C=O) groups is 1. The Bertz CT molecular complexity index is 592. The Morgan fingerprint density at radius 3 is 2.67 bits per heavy atom. The molecule has 1 saturated heterocycles. The van der Waals surface area contributed by atoms with E-state index in [1.807, 2.05) is 18.7 Å². The molecular weight excluding hydrogens is 270 g/mol. The van der Waals surface area contributed by atoms with E-state index in [4.69, 9.17) is 4.52 Å². The van der Waals surface area contributed by atoms with Crippen molar-refractivity contribution in [3.63, 3.8) is 0 Å². The van der Waals surface area contributed by atoms with Gasteiger partial charge in [-0.05, 0) is 13.8 Å². The smallest absolute Gasteiger partial charge is 0.257 e. The van der Waals surface area contributed by atoms with Gasteiger partial charge in [0.05, 0.1) is 17.5 Å². The van der Waals surface area contributed by atoms with Gasteiger partial charge in [-0.15, -0.1) is 0 Å². The monoisotopic (exact) mass is 289 g/mol. The van der Waals surface area contributed by atoms with Crippen LogP contribution in [0.1, 0.15) is 27.4 Å².